The van der Waals surface area contributed by atoms with Crippen LogP contribution in [-0.4, -0.2) is 25.8 Å². The fourth-order valence-electron chi connectivity index (χ4n) is 3.51. The third kappa shape index (κ3) is 4.81. The normalized spacial score (nSPS) is 10.6. The van der Waals surface area contributed by atoms with Gasteiger partial charge in [0.05, 0.1) is 0 Å². The summed E-state index contributed by atoms with van der Waals surface area (Å²) in [6, 6.07) is 22.6. The number of hydrogen-bond donors (Lipinski definition) is 3. The van der Waals surface area contributed by atoms with E-state index in [0.29, 0.717) is 28.8 Å². The highest BCUT2D eigenvalue weighted by atomic mass is 16.1. The quantitative estimate of drug-likeness (QED) is 0.317. The average Bonchev–Trinajstić information content (AvgIpc) is 2.85. The van der Waals surface area contributed by atoms with E-state index in [-0.39, 0.29) is 5.91 Å². The van der Waals surface area contributed by atoms with Crippen LogP contribution in [0.25, 0.3) is 10.8 Å². The first-order valence-electron chi connectivity index (χ1n) is 10.7. The molecule has 0 atom stereocenters. The van der Waals surface area contributed by atoms with Crippen molar-refractivity contribution in [3.63, 3.8) is 0 Å². The summed E-state index contributed by atoms with van der Waals surface area (Å²) in [6.07, 6.45) is 4.87. The molecule has 0 aliphatic rings. The Morgan fingerprint density at radius 2 is 1.41 bits per heavy atom. The summed E-state index contributed by atoms with van der Waals surface area (Å²) in [5.74, 6) is 1.71. The molecule has 3 aromatic heterocycles. The van der Waals surface area contributed by atoms with Gasteiger partial charge in [-0.1, -0.05) is 24.3 Å². The molecule has 8 heteroatoms. The Morgan fingerprint density at radius 3 is 2.24 bits per heavy atom. The standard InChI is InChI=1S/C26H21N7O/c1-17-10-12-27-22(14-17)33-24-15-23(29-16-30-24)31-19-6-8-20(9-7-19)32-26(34)25-21-5-3-2-4-18(21)11-13-28-25/h2-16H,1H3,(H,32,34)(H2,27,29,30,31,33). The minimum Gasteiger partial charge on any atom is -0.340 e. The summed E-state index contributed by atoms with van der Waals surface area (Å²) in [5.41, 5.74) is 2.98. The van der Waals surface area contributed by atoms with Crippen molar-refractivity contribution in [3.8, 4) is 0 Å². The van der Waals surface area contributed by atoms with Crippen molar-refractivity contribution >= 4 is 45.5 Å². The van der Waals surface area contributed by atoms with Gasteiger partial charge in [0, 0.05) is 35.2 Å². The number of anilines is 5. The van der Waals surface area contributed by atoms with Crippen LogP contribution in [0.4, 0.5) is 28.8 Å². The molecule has 5 rings (SSSR count). The van der Waals surface area contributed by atoms with Crippen LogP contribution in [0.15, 0.2) is 91.5 Å². The molecular weight excluding hydrogens is 426 g/mol. The van der Waals surface area contributed by atoms with E-state index >= 15 is 0 Å². The lowest BCUT2D eigenvalue weighted by Crippen LogP contribution is -2.14. The van der Waals surface area contributed by atoms with Crippen LogP contribution < -0.4 is 16.0 Å². The fraction of sp³-hybridized carbons (Fsp3) is 0.0385. The van der Waals surface area contributed by atoms with Gasteiger partial charge in [-0.3, -0.25) is 9.78 Å². The van der Waals surface area contributed by atoms with Crippen molar-refractivity contribution < 1.29 is 4.79 Å². The first-order valence-corrected chi connectivity index (χ1v) is 10.7. The van der Waals surface area contributed by atoms with Crippen LogP contribution in [0.1, 0.15) is 16.1 Å². The average molecular weight is 448 g/mol. The number of benzene rings is 2. The maximum Gasteiger partial charge on any atom is 0.274 e. The number of aryl methyl sites for hydroxylation is 1. The molecule has 1 amide bonds. The van der Waals surface area contributed by atoms with E-state index in [4.69, 9.17) is 0 Å². The predicted molar refractivity (Wildman–Crippen MR) is 134 cm³/mol. The Bertz CT molecular complexity index is 1460. The number of carbonyl (C=O) groups is 1. The van der Waals surface area contributed by atoms with E-state index in [1.807, 2.05) is 73.7 Å². The van der Waals surface area contributed by atoms with Gasteiger partial charge in [0.1, 0.15) is 29.5 Å². The molecule has 3 N–H and O–H groups in total. The third-order valence-electron chi connectivity index (χ3n) is 5.14. The Balaban J connectivity index is 1.26. The predicted octanol–water partition coefficient (Wildman–Crippen LogP) is 5.47. The molecule has 5 aromatic rings. The molecule has 0 saturated heterocycles. The van der Waals surface area contributed by atoms with Crippen LogP contribution in [0.3, 0.4) is 0 Å². The molecular formula is C26H21N7O. The van der Waals surface area contributed by atoms with Gasteiger partial charge in [-0.15, -0.1) is 0 Å². The topological polar surface area (TPSA) is 105 Å². The SMILES string of the molecule is Cc1ccnc(Nc2cc(Nc3ccc(NC(=O)c4nccc5ccccc45)cc3)ncn2)c1. The van der Waals surface area contributed by atoms with E-state index in [1.54, 1.807) is 18.5 Å². The van der Waals surface area contributed by atoms with E-state index in [0.717, 1.165) is 22.0 Å². The van der Waals surface area contributed by atoms with Crippen LogP contribution in [0.2, 0.25) is 0 Å². The number of nitrogens with one attached hydrogen (secondary N) is 3. The van der Waals surface area contributed by atoms with Gasteiger partial charge < -0.3 is 16.0 Å². The largest absolute Gasteiger partial charge is 0.340 e. The first kappa shape index (κ1) is 21.0. The van der Waals surface area contributed by atoms with Crippen molar-refractivity contribution in [2.75, 3.05) is 16.0 Å². The van der Waals surface area contributed by atoms with Gasteiger partial charge >= 0.3 is 0 Å². The second kappa shape index (κ2) is 9.33. The van der Waals surface area contributed by atoms with E-state index in [2.05, 4.69) is 35.9 Å². The van der Waals surface area contributed by atoms with E-state index in [9.17, 15) is 4.79 Å². The van der Waals surface area contributed by atoms with Crippen molar-refractivity contribution in [1.29, 1.82) is 0 Å². The van der Waals surface area contributed by atoms with Crippen LogP contribution in [0, 0.1) is 6.92 Å². The summed E-state index contributed by atoms with van der Waals surface area (Å²) in [6.45, 7) is 2.00. The third-order valence-corrected chi connectivity index (χ3v) is 5.14. The summed E-state index contributed by atoms with van der Waals surface area (Å²) in [5, 5.41) is 11.1. The van der Waals surface area contributed by atoms with Crippen LogP contribution in [-0.2, 0) is 0 Å². The molecule has 0 aliphatic heterocycles. The molecule has 34 heavy (non-hydrogen) atoms. The highest BCUT2D eigenvalue weighted by Crippen LogP contribution is 2.22. The molecule has 3 heterocycles. The molecule has 0 aliphatic carbocycles. The lowest BCUT2D eigenvalue weighted by Gasteiger charge is -2.10. The van der Waals surface area contributed by atoms with Gasteiger partial charge in [0.15, 0.2) is 0 Å². The van der Waals surface area contributed by atoms with Crippen molar-refractivity contribution in [3.05, 3.63) is 103 Å². The van der Waals surface area contributed by atoms with Crippen molar-refractivity contribution in [1.82, 2.24) is 19.9 Å². The number of rotatable bonds is 6. The molecule has 0 unspecified atom stereocenters. The lowest BCUT2D eigenvalue weighted by atomic mass is 10.1. The van der Waals surface area contributed by atoms with Gasteiger partial charge in [-0.2, -0.15) is 0 Å². The zero-order valence-electron chi connectivity index (χ0n) is 18.4. The summed E-state index contributed by atoms with van der Waals surface area (Å²) in [4.78, 5) is 29.9. The first-order chi connectivity index (χ1) is 16.6. The number of fused-ring (bicyclic) bond motifs is 1. The zero-order chi connectivity index (χ0) is 23.3. The molecule has 0 radical (unpaired) electrons. The van der Waals surface area contributed by atoms with Crippen molar-refractivity contribution in [2.45, 2.75) is 6.92 Å². The van der Waals surface area contributed by atoms with Crippen molar-refractivity contribution in [2.24, 2.45) is 0 Å². The summed E-state index contributed by atoms with van der Waals surface area (Å²) >= 11 is 0. The molecule has 2 aromatic carbocycles. The van der Waals surface area contributed by atoms with Gasteiger partial charge in [-0.05, 0) is 60.3 Å². The summed E-state index contributed by atoms with van der Waals surface area (Å²) < 4.78 is 0. The van der Waals surface area contributed by atoms with Crippen LogP contribution >= 0.6 is 0 Å². The highest BCUT2D eigenvalue weighted by molar-refractivity contribution is 6.11. The van der Waals surface area contributed by atoms with Crippen LogP contribution in [0.5, 0.6) is 0 Å². The van der Waals surface area contributed by atoms with E-state index < -0.39 is 0 Å². The second-order valence-corrected chi connectivity index (χ2v) is 7.67. The second-order valence-electron chi connectivity index (χ2n) is 7.67. The smallest absolute Gasteiger partial charge is 0.274 e. The molecule has 0 spiro atoms. The Morgan fingerprint density at radius 1 is 0.706 bits per heavy atom. The maximum absolute atomic E-state index is 12.8. The van der Waals surface area contributed by atoms with Gasteiger partial charge in [0.2, 0.25) is 0 Å². The fourth-order valence-corrected chi connectivity index (χ4v) is 3.51. The zero-order valence-corrected chi connectivity index (χ0v) is 18.4. The molecule has 0 fully saturated rings. The van der Waals surface area contributed by atoms with E-state index in [1.165, 1.54) is 6.33 Å². The summed E-state index contributed by atoms with van der Waals surface area (Å²) in [7, 11) is 0. The number of amides is 1. The maximum atomic E-state index is 12.8. The Hall–Kier alpha value is -4.85. The monoisotopic (exact) mass is 447 g/mol. The number of hydrogen-bond acceptors (Lipinski definition) is 7. The Kier molecular flexibility index (Phi) is 5.77. The molecule has 0 saturated carbocycles. The number of carbonyl (C=O) groups excluding carboxylic acids is 1. The highest BCUT2D eigenvalue weighted by Gasteiger charge is 2.12. The lowest BCUT2D eigenvalue weighted by molar-refractivity contribution is 0.102. The van der Waals surface area contributed by atoms with Gasteiger partial charge in [0.25, 0.3) is 5.91 Å². The van der Waals surface area contributed by atoms with Gasteiger partial charge in [-0.25, -0.2) is 15.0 Å². The number of aromatic nitrogens is 4. The number of nitrogens with zero attached hydrogens (tertiary/aromatic N) is 4. The Labute approximate surface area is 196 Å². The molecule has 8 nitrogen and oxygen atoms in total. The number of pyridine rings is 2. The molecule has 0 bridgehead atoms. The minimum absolute atomic E-state index is 0.256. The minimum atomic E-state index is -0.256. The molecule has 166 valence electrons.